The van der Waals surface area contributed by atoms with Crippen LogP contribution >= 0.6 is 23.4 Å². The molecule has 1 aliphatic heterocycles. The van der Waals surface area contributed by atoms with E-state index in [0.29, 0.717) is 12.5 Å². The lowest BCUT2D eigenvalue weighted by Gasteiger charge is -2.15. The van der Waals surface area contributed by atoms with E-state index in [1.54, 1.807) is 0 Å². The number of benzene rings is 2. The quantitative estimate of drug-likeness (QED) is 0.886. The van der Waals surface area contributed by atoms with Crippen molar-refractivity contribution in [3.63, 3.8) is 0 Å². The molecule has 0 saturated carbocycles. The molecular weight excluding hydrogens is 302 g/mol. The van der Waals surface area contributed by atoms with Crippen molar-refractivity contribution in [1.82, 2.24) is 5.32 Å². The minimum Gasteiger partial charge on any atom is -0.493 e. The number of nitrogens with one attached hydrogen (secondary N) is 1. The zero-order valence-corrected chi connectivity index (χ0v) is 13.5. The topological polar surface area (TPSA) is 21.3 Å². The van der Waals surface area contributed by atoms with E-state index in [1.807, 2.05) is 37.0 Å². The number of halogens is 1. The van der Waals surface area contributed by atoms with Gasteiger partial charge < -0.3 is 10.1 Å². The first-order chi connectivity index (χ1) is 10.3. The van der Waals surface area contributed by atoms with E-state index in [-0.39, 0.29) is 0 Å². The van der Waals surface area contributed by atoms with Crippen molar-refractivity contribution in [3.8, 4) is 5.75 Å². The fraction of sp³-hybridized carbons (Fsp3) is 0.294. The largest absolute Gasteiger partial charge is 0.493 e. The summed E-state index contributed by atoms with van der Waals surface area (Å²) in [4.78, 5) is 1.39. The molecule has 21 heavy (non-hydrogen) atoms. The highest BCUT2D eigenvalue weighted by atomic mass is 35.5. The molecule has 0 spiro atoms. The third kappa shape index (κ3) is 3.37. The fourth-order valence-electron chi connectivity index (χ4n) is 2.58. The van der Waals surface area contributed by atoms with Gasteiger partial charge in [-0.25, -0.2) is 0 Å². The molecule has 0 radical (unpaired) electrons. The van der Waals surface area contributed by atoms with Crippen LogP contribution in [0, 0.1) is 0 Å². The Kier molecular flexibility index (Phi) is 4.73. The van der Waals surface area contributed by atoms with E-state index >= 15 is 0 Å². The Morgan fingerprint density at radius 2 is 2.14 bits per heavy atom. The Morgan fingerprint density at radius 3 is 3.00 bits per heavy atom. The van der Waals surface area contributed by atoms with Crippen molar-refractivity contribution in [2.75, 3.05) is 19.4 Å². The summed E-state index contributed by atoms with van der Waals surface area (Å²) >= 11 is 7.97. The molecule has 110 valence electrons. The highest BCUT2D eigenvalue weighted by Crippen LogP contribution is 2.39. The molecule has 0 saturated heterocycles. The van der Waals surface area contributed by atoms with Crippen LogP contribution in [0.1, 0.15) is 17.0 Å². The summed E-state index contributed by atoms with van der Waals surface area (Å²) in [6.07, 6.45) is 0. The summed E-state index contributed by atoms with van der Waals surface area (Å²) < 4.78 is 6.07. The SMILES string of the molecule is CNCc1cc(Cl)ccc1OCC1CSc2ccccc21. The van der Waals surface area contributed by atoms with E-state index in [2.05, 4.69) is 29.6 Å². The minimum atomic E-state index is 0.462. The second-order valence-electron chi connectivity index (χ2n) is 5.14. The second kappa shape index (κ2) is 6.73. The predicted octanol–water partition coefficient (Wildman–Crippen LogP) is 4.33. The zero-order chi connectivity index (χ0) is 14.7. The van der Waals surface area contributed by atoms with Crippen LogP contribution in [0.5, 0.6) is 5.75 Å². The fourth-order valence-corrected chi connectivity index (χ4v) is 4.00. The predicted molar refractivity (Wildman–Crippen MR) is 89.6 cm³/mol. The van der Waals surface area contributed by atoms with E-state index < -0.39 is 0 Å². The van der Waals surface area contributed by atoms with Gasteiger partial charge in [-0.3, -0.25) is 0 Å². The Balaban J connectivity index is 1.71. The van der Waals surface area contributed by atoms with Crippen molar-refractivity contribution in [3.05, 3.63) is 58.6 Å². The molecule has 2 aromatic carbocycles. The molecule has 1 N–H and O–H groups in total. The maximum atomic E-state index is 6.07. The molecule has 1 atom stereocenters. The van der Waals surface area contributed by atoms with Crippen LogP contribution in [-0.4, -0.2) is 19.4 Å². The first kappa shape index (κ1) is 14.8. The Morgan fingerprint density at radius 1 is 1.29 bits per heavy atom. The van der Waals surface area contributed by atoms with Gasteiger partial charge in [-0.15, -0.1) is 11.8 Å². The third-order valence-electron chi connectivity index (χ3n) is 3.63. The van der Waals surface area contributed by atoms with Crippen LogP contribution in [0.3, 0.4) is 0 Å². The normalized spacial score (nSPS) is 16.8. The average molecular weight is 320 g/mol. The van der Waals surface area contributed by atoms with Crippen LogP contribution in [0.2, 0.25) is 5.02 Å². The number of fused-ring (bicyclic) bond motifs is 1. The molecule has 0 aromatic heterocycles. The van der Waals surface area contributed by atoms with Crippen molar-refractivity contribution in [2.24, 2.45) is 0 Å². The summed E-state index contributed by atoms with van der Waals surface area (Å²) in [5.41, 5.74) is 2.51. The lowest BCUT2D eigenvalue weighted by Crippen LogP contribution is -2.12. The van der Waals surface area contributed by atoms with Crippen LogP contribution in [0.15, 0.2) is 47.4 Å². The number of ether oxygens (including phenoxy) is 1. The minimum absolute atomic E-state index is 0.462. The first-order valence-corrected chi connectivity index (χ1v) is 8.42. The van der Waals surface area contributed by atoms with Crippen LogP contribution < -0.4 is 10.1 Å². The van der Waals surface area contributed by atoms with Crippen molar-refractivity contribution in [2.45, 2.75) is 17.4 Å². The molecule has 2 aromatic rings. The van der Waals surface area contributed by atoms with Gasteiger partial charge in [-0.05, 0) is 36.9 Å². The molecule has 0 aliphatic carbocycles. The summed E-state index contributed by atoms with van der Waals surface area (Å²) in [6.45, 7) is 1.47. The van der Waals surface area contributed by atoms with Gasteiger partial charge in [0.2, 0.25) is 0 Å². The van der Waals surface area contributed by atoms with Gasteiger partial charge >= 0.3 is 0 Å². The Bertz CT molecular complexity index is 632. The van der Waals surface area contributed by atoms with Gasteiger partial charge in [0.25, 0.3) is 0 Å². The molecule has 0 fully saturated rings. The smallest absolute Gasteiger partial charge is 0.123 e. The number of hydrogen-bond donors (Lipinski definition) is 1. The molecule has 2 nitrogen and oxygen atoms in total. The molecule has 1 aliphatic rings. The van der Waals surface area contributed by atoms with Crippen molar-refractivity contribution >= 4 is 23.4 Å². The van der Waals surface area contributed by atoms with Gasteiger partial charge in [-0.2, -0.15) is 0 Å². The van der Waals surface area contributed by atoms with E-state index in [4.69, 9.17) is 16.3 Å². The zero-order valence-electron chi connectivity index (χ0n) is 11.9. The maximum Gasteiger partial charge on any atom is 0.123 e. The van der Waals surface area contributed by atoms with E-state index in [0.717, 1.165) is 28.6 Å². The van der Waals surface area contributed by atoms with Crippen LogP contribution in [0.4, 0.5) is 0 Å². The molecule has 4 heteroatoms. The summed E-state index contributed by atoms with van der Waals surface area (Å²) in [5, 5.41) is 3.90. The van der Waals surface area contributed by atoms with Gasteiger partial charge in [0.1, 0.15) is 5.75 Å². The highest BCUT2D eigenvalue weighted by Gasteiger charge is 2.23. The number of rotatable bonds is 5. The Hall–Kier alpha value is -1.16. The second-order valence-corrected chi connectivity index (χ2v) is 6.64. The third-order valence-corrected chi connectivity index (χ3v) is 5.12. The van der Waals surface area contributed by atoms with Crippen molar-refractivity contribution < 1.29 is 4.74 Å². The number of thioether (sulfide) groups is 1. The van der Waals surface area contributed by atoms with Gasteiger partial charge in [-0.1, -0.05) is 29.8 Å². The molecule has 0 bridgehead atoms. The summed E-state index contributed by atoms with van der Waals surface area (Å²) in [5.74, 6) is 2.47. The van der Waals surface area contributed by atoms with Crippen molar-refractivity contribution in [1.29, 1.82) is 0 Å². The van der Waals surface area contributed by atoms with E-state index in [9.17, 15) is 0 Å². The van der Waals surface area contributed by atoms with Gasteiger partial charge in [0.15, 0.2) is 0 Å². The molecule has 3 rings (SSSR count). The van der Waals surface area contributed by atoms with Gasteiger partial charge in [0, 0.05) is 33.7 Å². The number of hydrogen-bond acceptors (Lipinski definition) is 3. The average Bonchev–Trinajstić information content (AvgIpc) is 2.90. The van der Waals surface area contributed by atoms with E-state index in [1.165, 1.54) is 10.5 Å². The first-order valence-electron chi connectivity index (χ1n) is 7.05. The van der Waals surface area contributed by atoms with Crippen LogP contribution in [0.25, 0.3) is 0 Å². The lowest BCUT2D eigenvalue weighted by atomic mass is 10.0. The molecule has 1 unspecified atom stereocenters. The molecular formula is C17H18ClNOS. The highest BCUT2D eigenvalue weighted by molar-refractivity contribution is 7.99. The Labute approximate surface area is 134 Å². The van der Waals surface area contributed by atoms with Crippen LogP contribution in [-0.2, 0) is 6.54 Å². The lowest BCUT2D eigenvalue weighted by molar-refractivity contribution is 0.294. The van der Waals surface area contributed by atoms with Gasteiger partial charge in [0.05, 0.1) is 6.61 Å². The summed E-state index contributed by atoms with van der Waals surface area (Å²) in [6, 6.07) is 14.4. The maximum absolute atomic E-state index is 6.07. The standard InChI is InChI=1S/C17H18ClNOS/c1-19-9-12-8-14(18)6-7-16(12)20-10-13-11-21-17-5-3-2-4-15(13)17/h2-8,13,19H,9-11H2,1H3. The molecule has 0 amide bonds. The summed E-state index contributed by atoms with van der Waals surface area (Å²) in [7, 11) is 1.93. The molecule has 1 heterocycles. The monoisotopic (exact) mass is 319 g/mol.